The van der Waals surface area contributed by atoms with Crippen molar-refractivity contribution in [1.82, 2.24) is 10.3 Å². The van der Waals surface area contributed by atoms with Crippen molar-refractivity contribution >= 4 is 10.9 Å². The zero-order valence-corrected chi connectivity index (χ0v) is 11.4. The minimum atomic E-state index is 0.210. The maximum Gasteiger partial charge on any atom is 0.0702 e. The first-order chi connectivity index (χ1) is 9.25. The fourth-order valence-electron chi connectivity index (χ4n) is 2.55. The molecule has 1 aliphatic heterocycles. The van der Waals surface area contributed by atoms with Crippen LogP contribution in [0.1, 0.15) is 25.3 Å². The molecule has 1 aromatic carbocycles. The fourth-order valence-corrected chi connectivity index (χ4v) is 2.55. The monoisotopic (exact) mass is 256 g/mol. The molecule has 1 fully saturated rings. The van der Waals surface area contributed by atoms with Crippen LogP contribution < -0.4 is 5.32 Å². The number of hydrogen-bond donors (Lipinski definition) is 1. The van der Waals surface area contributed by atoms with Gasteiger partial charge in [0.25, 0.3) is 0 Å². The summed E-state index contributed by atoms with van der Waals surface area (Å²) in [5.41, 5.74) is 2.58. The average molecular weight is 256 g/mol. The Balaban J connectivity index is 1.71. The minimum Gasteiger partial charge on any atom is -0.381 e. The Morgan fingerprint density at radius 2 is 2.11 bits per heavy atom. The summed E-state index contributed by atoms with van der Waals surface area (Å²) in [5, 5.41) is 4.89. The Bertz CT molecular complexity index is 561. The van der Waals surface area contributed by atoms with E-state index in [1.165, 1.54) is 10.9 Å². The molecule has 0 saturated carbocycles. The van der Waals surface area contributed by atoms with Gasteiger partial charge in [-0.3, -0.25) is 4.98 Å². The zero-order valence-electron chi connectivity index (χ0n) is 11.4. The number of nitrogens with one attached hydrogen (secondary N) is 1. The van der Waals surface area contributed by atoms with Crippen LogP contribution in [0.4, 0.5) is 0 Å². The van der Waals surface area contributed by atoms with Crippen molar-refractivity contribution in [1.29, 1.82) is 0 Å². The quantitative estimate of drug-likeness (QED) is 0.917. The number of hydrogen-bond acceptors (Lipinski definition) is 3. The predicted octanol–water partition coefficient (Wildman–Crippen LogP) is 2.89. The average Bonchev–Trinajstić information content (AvgIpc) is 2.46. The molecule has 0 atom stereocenters. The summed E-state index contributed by atoms with van der Waals surface area (Å²) in [6.07, 6.45) is 4.01. The van der Waals surface area contributed by atoms with Crippen molar-refractivity contribution in [2.45, 2.75) is 31.8 Å². The van der Waals surface area contributed by atoms with Crippen molar-refractivity contribution in [3.8, 4) is 0 Å². The molecule has 3 nitrogen and oxygen atoms in total. The van der Waals surface area contributed by atoms with Crippen molar-refractivity contribution in [2.75, 3.05) is 13.2 Å². The molecule has 1 aromatic heterocycles. The van der Waals surface area contributed by atoms with E-state index < -0.39 is 0 Å². The molecule has 0 bridgehead atoms. The molecule has 19 heavy (non-hydrogen) atoms. The number of rotatable bonds is 3. The maximum absolute atomic E-state index is 5.43. The van der Waals surface area contributed by atoms with Crippen molar-refractivity contribution < 1.29 is 4.74 Å². The van der Waals surface area contributed by atoms with Crippen LogP contribution in [0.5, 0.6) is 0 Å². The van der Waals surface area contributed by atoms with Gasteiger partial charge in [0, 0.05) is 36.9 Å². The first kappa shape index (κ1) is 12.6. The third kappa shape index (κ3) is 2.94. The lowest BCUT2D eigenvalue weighted by Crippen LogP contribution is -2.46. The Labute approximate surface area is 114 Å². The molecule has 0 spiro atoms. The zero-order chi connectivity index (χ0) is 13.1. The molecule has 2 heterocycles. The first-order valence-electron chi connectivity index (χ1n) is 6.92. The van der Waals surface area contributed by atoms with E-state index in [0.717, 1.165) is 38.1 Å². The largest absolute Gasteiger partial charge is 0.381 e. The van der Waals surface area contributed by atoms with Crippen LogP contribution in [0.2, 0.25) is 0 Å². The van der Waals surface area contributed by atoms with Gasteiger partial charge in [0.05, 0.1) is 5.52 Å². The SMILES string of the molecule is CC1(NCc2ccc3ncccc3c2)CCOCC1. The van der Waals surface area contributed by atoms with Gasteiger partial charge in [-0.05, 0) is 43.5 Å². The molecular formula is C16H20N2O. The molecule has 0 aliphatic carbocycles. The fraction of sp³-hybridized carbons (Fsp3) is 0.438. The van der Waals surface area contributed by atoms with Crippen molar-refractivity contribution in [2.24, 2.45) is 0 Å². The highest BCUT2D eigenvalue weighted by Gasteiger charge is 2.26. The van der Waals surface area contributed by atoms with E-state index in [0.29, 0.717) is 0 Å². The van der Waals surface area contributed by atoms with Crippen LogP contribution in [-0.2, 0) is 11.3 Å². The van der Waals surface area contributed by atoms with E-state index in [9.17, 15) is 0 Å². The van der Waals surface area contributed by atoms with Crippen molar-refractivity contribution in [3.63, 3.8) is 0 Å². The van der Waals surface area contributed by atoms with Crippen LogP contribution in [0, 0.1) is 0 Å². The summed E-state index contributed by atoms with van der Waals surface area (Å²) in [6, 6.07) is 10.6. The van der Waals surface area contributed by atoms with Gasteiger partial charge >= 0.3 is 0 Å². The molecule has 0 radical (unpaired) electrons. The number of aromatic nitrogens is 1. The molecule has 0 unspecified atom stereocenters. The van der Waals surface area contributed by atoms with Crippen molar-refractivity contribution in [3.05, 3.63) is 42.1 Å². The summed E-state index contributed by atoms with van der Waals surface area (Å²) in [7, 11) is 0. The highest BCUT2D eigenvalue weighted by Crippen LogP contribution is 2.21. The number of pyridine rings is 1. The number of benzene rings is 1. The molecule has 0 amide bonds. The van der Waals surface area contributed by atoms with Crippen LogP contribution in [-0.4, -0.2) is 23.7 Å². The smallest absolute Gasteiger partial charge is 0.0702 e. The Kier molecular flexibility index (Phi) is 3.49. The molecular weight excluding hydrogens is 236 g/mol. The van der Waals surface area contributed by atoms with Gasteiger partial charge in [0.15, 0.2) is 0 Å². The Morgan fingerprint density at radius 1 is 1.26 bits per heavy atom. The van der Waals surface area contributed by atoms with E-state index in [1.807, 2.05) is 12.3 Å². The van der Waals surface area contributed by atoms with Gasteiger partial charge in [-0.15, -0.1) is 0 Å². The summed E-state index contributed by atoms with van der Waals surface area (Å²) in [5.74, 6) is 0. The first-order valence-corrected chi connectivity index (χ1v) is 6.92. The van der Waals surface area contributed by atoms with E-state index in [4.69, 9.17) is 4.74 Å². The van der Waals surface area contributed by atoms with E-state index in [-0.39, 0.29) is 5.54 Å². The summed E-state index contributed by atoms with van der Waals surface area (Å²) < 4.78 is 5.43. The summed E-state index contributed by atoms with van der Waals surface area (Å²) in [4.78, 5) is 4.35. The standard InChI is InChI=1S/C16H20N2O/c1-16(6-9-19-10-7-16)18-12-13-4-5-15-14(11-13)3-2-8-17-15/h2-5,8,11,18H,6-7,9-10,12H2,1H3. The Hall–Kier alpha value is -1.45. The summed E-state index contributed by atoms with van der Waals surface area (Å²) >= 11 is 0. The van der Waals surface area contributed by atoms with Crippen LogP contribution >= 0.6 is 0 Å². The van der Waals surface area contributed by atoms with E-state index in [2.05, 4.69) is 41.5 Å². The van der Waals surface area contributed by atoms with Crippen LogP contribution in [0.3, 0.4) is 0 Å². The molecule has 100 valence electrons. The third-order valence-corrected chi connectivity index (χ3v) is 3.98. The second kappa shape index (κ2) is 5.27. The molecule has 3 rings (SSSR count). The number of ether oxygens (including phenoxy) is 1. The van der Waals surface area contributed by atoms with Gasteiger partial charge in [-0.1, -0.05) is 12.1 Å². The number of nitrogens with zero attached hydrogens (tertiary/aromatic N) is 1. The van der Waals surface area contributed by atoms with E-state index >= 15 is 0 Å². The molecule has 1 saturated heterocycles. The Morgan fingerprint density at radius 3 is 2.95 bits per heavy atom. The lowest BCUT2D eigenvalue weighted by Gasteiger charge is -2.34. The predicted molar refractivity (Wildman–Crippen MR) is 77.0 cm³/mol. The third-order valence-electron chi connectivity index (χ3n) is 3.98. The van der Waals surface area contributed by atoms with E-state index in [1.54, 1.807) is 0 Å². The lowest BCUT2D eigenvalue weighted by molar-refractivity contribution is 0.0446. The van der Waals surface area contributed by atoms with Gasteiger partial charge in [-0.2, -0.15) is 0 Å². The topological polar surface area (TPSA) is 34.2 Å². The van der Waals surface area contributed by atoms with Crippen LogP contribution in [0.25, 0.3) is 10.9 Å². The van der Waals surface area contributed by atoms with Gasteiger partial charge in [-0.25, -0.2) is 0 Å². The minimum absolute atomic E-state index is 0.210. The molecule has 1 N–H and O–H groups in total. The number of fused-ring (bicyclic) bond motifs is 1. The highest BCUT2D eigenvalue weighted by molar-refractivity contribution is 5.78. The highest BCUT2D eigenvalue weighted by atomic mass is 16.5. The maximum atomic E-state index is 5.43. The lowest BCUT2D eigenvalue weighted by atomic mass is 9.92. The molecule has 2 aromatic rings. The summed E-state index contributed by atoms with van der Waals surface area (Å²) in [6.45, 7) is 4.93. The second-order valence-corrected chi connectivity index (χ2v) is 5.56. The van der Waals surface area contributed by atoms with Gasteiger partial charge in [0.1, 0.15) is 0 Å². The van der Waals surface area contributed by atoms with Crippen LogP contribution in [0.15, 0.2) is 36.5 Å². The normalized spacial score (nSPS) is 18.6. The van der Waals surface area contributed by atoms with Gasteiger partial charge in [0.2, 0.25) is 0 Å². The van der Waals surface area contributed by atoms with Gasteiger partial charge < -0.3 is 10.1 Å². The second-order valence-electron chi connectivity index (χ2n) is 5.56. The molecule has 3 heteroatoms. The molecule has 1 aliphatic rings.